The zero-order chi connectivity index (χ0) is 14.7. The van der Waals surface area contributed by atoms with Gasteiger partial charge in [0.05, 0.1) is 5.69 Å². The number of carboxylic acid groups (broad SMARTS) is 1. The Morgan fingerprint density at radius 3 is 2.81 bits per heavy atom. The zero-order valence-corrected chi connectivity index (χ0v) is 13.3. The Labute approximate surface area is 130 Å². The maximum atomic E-state index is 11.3. The lowest BCUT2D eigenvalue weighted by Crippen LogP contribution is -2.17. The molecule has 21 heavy (non-hydrogen) atoms. The zero-order valence-electron chi connectivity index (χ0n) is 12.4. The third-order valence-electron chi connectivity index (χ3n) is 4.81. The number of carboxylic acids is 1. The lowest BCUT2D eigenvalue weighted by atomic mass is 9.87. The molecule has 1 unspecified atom stereocenters. The van der Waals surface area contributed by atoms with Crippen molar-refractivity contribution in [3.05, 3.63) is 10.6 Å². The number of fused-ring (bicyclic) bond motifs is 1. The number of hydrogen-bond donors (Lipinski definition) is 2. The summed E-state index contributed by atoms with van der Waals surface area (Å²) in [6.07, 6.45) is 10.8. The number of hydrogen-bond acceptors (Lipinski definition) is 4. The highest BCUT2D eigenvalue weighted by Crippen LogP contribution is 2.37. The first kappa shape index (κ1) is 14.8. The molecule has 1 aromatic rings. The van der Waals surface area contributed by atoms with E-state index >= 15 is 0 Å². The molecule has 3 rings (SSSR count). The van der Waals surface area contributed by atoms with Crippen molar-refractivity contribution in [2.75, 3.05) is 11.9 Å². The summed E-state index contributed by atoms with van der Waals surface area (Å²) in [4.78, 5) is 17.0. The van der Waals surface area contributed by atoms with Crippen molar-refractivity contribution >= 4 is 22.4 Å². The normalized spacial score (nSPS) is 22.8. The van der Waals surface area contributed by atoms with Crippen LogP contribution in [0.25, 0.3) is 0 Å². The van der Waals surface area contributed by atoms with E-state index in [1.54, 1.807) is 11.3 Å². The summed E-state index contributed by atoms with van der Waals surface area (Å²) in [7, 11) is 0. The molecule has 5 heteroatoms. The smallest absolute Gasteiger partial charge is 0.312 e. The molecule has 0 bridgehead atoms. The number of nitrogens with one attached hydrogen (secondary N) is 1. The van der Waals surface area contributed by atoms with Crippen LogP contribution in [0.1, 0.15) is 67.9 Å². The molecule has 1 saturated carbocycles. The number of nitrogens with zero attached hydrogens (tertiary/aromatic N) is 1. The van der Waals surface area contributed by atoms with Crippen molar-refractivity contribution in [3.8, 4) is 0 Å². The molecule has 1 fully saturated rings. The summed E-state index contributed by atoms with van der Waals surface area (Å²) in [6, 6.07) is 0. The minimum absolute atomic E-state index is 0.390. The molecule has 1 aromatic heterocycles. The molecule has 2 aliphatic carbocycles. The number of carbonyl (C=O) groups is 1. The predicted molar refractivity (Wildman–Crippen MR) is 85.1 cm³/mol. The van der Waals surface area contributed by atoms with Gasteiger partial charge in [0.2, 0.25) is 0 Å². The van der Waals surface area contributed by atoms with Crippen LogP contribution in [0.3, 0.4) is 0 Å². The van der Waals surface area contributed by atoms with Crippen LogP contribution in [-0.4, -0.2) is 22.6 Å². The molecule has 0 radical (unpaired) electrons. The van der Waals surface area contributed by atoms with Crippen molar-refractivity contribution < 1.29 is 9.90 Å². The molecule has 2 aliphatic rings. The number of rotatable bonds is 5. The van der Waals surface area contributed by atoms with E-state index in [9.17, 15) is 9.90 Å². The number of aryl methyl sites for hydroxylation is 1. The average molecular weight is 308 g/mol. The van der Waals surface area contributed by atoms with E-state index < -0.39 is 5.97 Å². The molecule has 2 N–H and O–H groups in total. The van der Waals surface area contributed by atoms with Crippen LogP contribution in [-0.2, 0) is 11.2 Å². The lowest BCUT2D eigenvalue weighted by Gasteiger charge is -2.21. The first-order valence-corrected chi connectivity index (χ1v) is 9.02. The van der Waals surface area contributed by atoms with Crippen molar-refractivity contribution in [2.45, 2.75) is 63.7 Å². The Hall–Kier alpha value is -1.10. The van der Waals surface area contributed by atoms with Gasteiger partial charge in [-0.2, -0.15) is 0 Å². The summed E-state index contributed by atoms with van der Waals surface area (Å²) >= 11 is 1.66. The lowest BCUT2D eigenvalue weighted by molar-refractivity contribution is -0.139. The highest BCUT2D eigenvalue weighted by atomic mass is 32.1. The first-order chi connectivity index (χ1) is 10.2. The summed E-state index contributed by atoms with van der Waals surface area (Å²) in [5.74, 6) is -0.249. The second-order valence-electron chi connectivity index (χ2n) is 6.33. The van der Waals surface area contributed by atoms with Crippen LogP contribution >= 0.6 is 11.3 Å². The predicted octanol–water partition coefficient (Wildman–Crippen LogP) is 4.03. The monoisotopic (exact) mass is 308 g/mol. The van der Waals surface area contributed by atoms with Crippen LogP contribution < -0.4 is 5.32 Å². The fraction of sp³-hybridized carbons (Fsp3) is 0.750. The van der Waals surface area contributed by atoms with Gasteiger partial charge in [-0.15, -0.1) is 11.3 Å². The summed E-state index contributed by atoms with van der Waals surface area (Å²) in [6.45, 7) is 0.967. The molecule has 0 saturated heterocycles. The molecule has 4 nitrogen and oxygen atoms in total. The van der Waals surface area contributed by atoms with E-state index in [1.807, 2.05) is 0 Å². The SMILES string of the molecule is O=C(O)C1CCCc2sc(NCCC3CCCCC3)nc21. The minimum atomic E-state index is -0.727. The fourth-order valence-corrected chi connectivity index (χ4v) is 4.68. The molecule has 116 valence electrons. The Bertz CT molecular complexity index is 494. The van der Waals surface area contributed by atoms with Gasteiger partial charge in [0.1, 0.15) is 5.92 Å². The average Bonchev–Trinajstić information content (AvgIpc) is 2.90. The number of aromatic nitrogens is 1. The van der Waals surface area contributed by atoms with Crippen molar-refractivity contribution in [1.29, 1.82) is 0 Å². The summed E-state index contributed by atoms with van der Waals surface area (Å²) < 4.78 is 0. The topological polar surface area (TPSA) is 62.2 Å². The van der Waals surface area contributed by atoms with Crippen LogP contribution in [0.4, 0.5) is 5.13 Å². The Morgan fingerprint density at radius 2 is 2.05 bits per heavy atom. The van der Waals surface area contributed by atoms with E-state index in [0.29, 0.717) is 0 Å². The van der Waals surface area contributed by atoms with Crippen molar-refractivity contribution in [2.24, 2.45) is 5.92 Å². The van der Waals surface area contributed by atoms with Crippen LogP contribution in [0, 0.1) is 5.92 Å². The maximum Gasteiger partial charge on any atom is 0.312 e. The van der Waals surface area contributed by atoms with E-state index in [0.717, 1.165) is 42.6 Å². The number of anilines is 1. The molecular formula is C16H24N2O2S. The van der Waals surface area contributed by atoms with Crippen LogP contribution in [0.15, 0.2) is 0 Å². The van der Waals surface area contributed by atoms with Gasteiger partial charge >= 0.3 is 5.97 Å². The molecule has 1 atom stereocenters. The first-order valence-electron chi connectivity index (χ1n) is 8.20. The third kappa shape index (κ3) is 3.57. The standard InChI is InChI=1S/C16H24N2O2S/c19-15(20)12-7-4-8-13-14(12)18-16(21-13)17-10-9-11-5-2-1-3-6-11/h11-12H,1-10H2,(H,17,18)(H,19,20). The van der Waals surface area contributed by atoms with Crippen molar-refractivity contribution in [3.63, 3.8) is 0 Å². The van der Waals surface area contributed by atoms with E-state index in [-0.39, 0.29) is 5.92 Å². The largest absolute Gasteiger partial charge is 0.481 e. The second kappa shape index (κ2) is 6.77. The molecule has 0 aromatic carbocycles. The van der Waals surface area contributed by atoms with Crippen LogP contribution in [0.5, 0.6) is 0 Å². The van der Waals surface area contributed by atoms with Crippen molar-refractivity contribution in [1.82, 2.24) is 4.98 Å². The molecule has 0 aliphatic heterocycles. The molecular weight excluding hydrogens is 284 g/mol. The second-order valence-corrected chi connectivity index (χ2v) is 7.41. The van der Waals surface area contributed by atoms with Gasteiger partial charge in [-0.25, -0.2) is 4.98 Å². The maximum absolute atomic E-state index is 11.3. The Morgan fingerprint density at radius 1 is 1.24 bits per heavy atom. The quantitative estimate of drug-likeness (QED) is 0.862. The minimum Gasteiger partial charge on any atom is -0.481 e. The highest BCUT2D eigenvalue weighted by molar-refractivity contribution is 7.15. The van der Waals surface area contributed by atoms with Gasteiger partial charge in [-0.1, -0.05) is 32.1 Å². The van der Waals surface area contributed by atoms with Gasteiger partial charge in [0.15, 0.2) is 5.13 Å². The number of thiazole rings is 1. The Kier molecular flexibility index (Phi) is 4.78. The van der Waals surface area contributed by atoms with Gasteiger partial charge in [0, 0.05) is 11.4 Å². The number of aliphatic carboxylic acids is 1. The molecule has 1 heterocycles. The summed E-state index contributed by atoms with van der Waals surface area (Å²) in [5.41, 5.74) is 0.818. The summed E-state index contributed by atoms with van der Waals surface area (Å²) in [5, 5.41) is 13.6. The van der Waals surface area contributed by atoms with Crippen LogP contribution in [0.2, 0.25) is 0 Å². The fourth-order valence-electron chi connectivity index (χ4n) is 3.59. The van der Waals surface area contributed by atoms with E-state index in [4.69, 9.17) is 0 Å². The van der Waals surface area contributed by atoms with Gasteiger partial charge in [-0.3, -0.25) is 4.79 Å². The van der Waals surface area contributed by atoms with Gasteiger partial charge in [0.25, 0.3) is 0 Å². The molecule has 0 spiro atoms. The molecule has 0 amide bonds. The van der Waals surface area contributed by atoms with E-state index in [2.05, 4.69) is 10.3 Å². The van der Waals surface area contributed by atoms with Gasteiger partial charge < -0.3 is 10.4 Å². The van der Waals surface area contributed by atoms with E-state index in [1.165, 1.54) is 43.4 Å². The Balaban J connectivity index is 1.55. The highest BCUT2D eigenvalue weighted by Gasteiger charge is 2.29. The van der Waals surface area contributed by atoms with Gasteiger partial charge in [-0.05, 0) is 31.6 Å². The third-order valence-corrected chi connectivity index (χ3v) is 5.89.